The van der Waals surface area contributed by atoms with Crippen molar-refractivity contribution in [3.63, 3.8) is 0 Å². The topological polar surface area (TPSA) is 86.7 Å². The average molecular weight is 355 g/mol. The van der Waals surface area contributed by atoms with Crippen molar-refractivity contribution in [3.8, 4) is 0 Å². The number of amides is 2. The van der Waals surface area contributed by atoms with E-state index < -0.39 is 11.9 Å². The fourth-order valence-corrected chi connectivity index (χ4v) is 3.35. The molecule has 122 valence electrons. The second kappa shape index (κ2) is 7.43. The number of benzene rings is 1. The number of halogens is 1. The zero-order chi connectivity index (χ0) is 17.0. The molecule has 2 rings (SSSR count). The first-order chi connectivity index (χ1) is 10.9. The van der Waals surface area contributed by atoms with Gasteiger partial charge in [-0.25, -0.2) is 0 Å². The van der Waals surface area contributed by atoms with Gasteiger partial charge in [0.25, 0.3) is 5.91 Å². The Morgan fingerprint density at radius 3 is 2.65 bits per heavy atom. The van der Waals surface area contributed by atoms with Crippen LogP contribution in [0.3, 0.4) is 0 Å². The standard InChI is InChI=1S/C15H15ClN2O4S/c1-18(7-6-12(20)21)11(19)8-17-15(22)14-13(16)9-4-2-3-5-10(9)23-14/h2-5H,6-8H2,1H3,(H,17,22)(H,20,21). The van der Waals surface area contributed by atoms with E-state index in [4.69, 9.17) is 16.7 Å². The highest BCUT2D eigenvalue weighted by molar-refractivity contribution is 7.21. The molecule has 0 bridgehead atoms. The number of nitrogens with zero attached hydrogens (tertiary/aromatic N) is 1. The normalized spacial score (nSPS) is 10.5. The van der Waals surface area contributed by atoms with E-state index in [1.165, 1.54) is 23.3 Å². The molecule has 0 radical (unpaired) electrons. The molecule has 1 aromatic heterocycles. The first-order valence-electron chi connectivity index (χ1n) is 6.81. The van der Waals surface area contributed by atoms with Gasteiger partial charge < -0.3 is 15.3 Å². The number of carbonyl (C=O) groups excluding carboxylic acids is 2. The molecule has 23 heavy (non-hydrogen) atoms. The van der Waals surface area contributed by atoms with Crippen molar-refractivity contribution in [2.75, 3.05) is 20.1 Å². The minimum absolute atomic E-state index is 0.0910. The molecule has 2 aromatic rings. The summed E-state index contributed by atoms with van der Waals surface area (Å²) in [6.07, 6.45) is -0.141. The van der Waals surface area contributed by atoms with Crippen LogP contribution in [0.15, 0.2) is 24.3 Å². The van der Waals surface area contributed by atoms with E-state index in [0.29, 0.717) is 9.90 Å². The number of hydrogen-bond acceptors (Lipinski definition) is 4. The predicted octanol–water partition coefficient (Wildman–Crippen LogP) is 2.22. The van der Waals surface area contributed by atoms with Crippen LogP contribution in [0.1, 0.15) is 16.1 Å². The molecule has 0 aliphatic rings. The van der Waals surface area contributed by atoms with E-state index in [-0.39, 0.29) is 25.4 Å². The fourth-order valence-electron chi connectivity index (χ4n) is 1.92. The second-order valence-electron chi connectivity index (χ2n) is 4.88. The molecule has 0 spiro atoms. The zero-order valence-electron chi connectivity index (χ0n) is 12.3. The molecular weight excluding hydrogens is 340 g/mol. The van der Waals surface area contributed by atoms with Gasteiger partial charge in [0.05, 0.1) is 18.0 Å². The third kappa shape index (κ3) is 4.20. The van der Waals surface area contributed by atoms with Gasteiger partial charge in [-0.05, 0) is 6.07 Å². The number of hydrogen-bond donors (Lipinski definition) is 2. The number of carbonyl (C=O) groups is 3. The Balaban J connectivity index is 1.97. The molecule has 6 nitrogen and oxygen atoms in total. The molecule has 2 N–H and O–H groups in total. The van der Waals surface area contributed by atoms with Crippen molar-refractivity contribution in [2.24, 2.45) is 0 Å². The number of thiophene rings is 1. The van der Waals surface area contributed by atoms with Crippen LogP contribution >= 0.6 is 22.9 Å². The van der Waals surface area contributed by atoms with Crippen LogP contribution in [0.2, 0.25) is 5.02 Å². The Morgan fingerprint density at radius 1 is 1.30 bits per heavy atom. The molecule has 8 heteroatoms. The molecule has 0 fully saturated rings. The third-order valence-electron chi connectivity index (χ3n) is 3.23. The van der Waals surface area contributed by atoms with Gasteiger partial charge in [-0.1, -0.05) is 29.8 Å². The number of likely N-dealkylation sites (N-methyl/N-ethyl adjacent to an activating group) is 1. The fraction of sp³-hybridized carbons (Fsp3) is 0.267. The summed E-state index contributed by atoms with van der Waals surface area (Å²) in [6.45, 7) is -0.118. The van der Waals surface area contributed by atoms with Gasteiger partial charge >= 0.3 is 5.97 Å². The Kier molecular flexibility index (Phi) is 5.57. The highest BCUT2D eigenvalue weighted by Gasteiger charge is 2.18. The highest BCUT2D eigenvalue weighted by atomic mass is 35.5. The van der Waals surface area contributed by atoms with E-state index in [1.54, 1.807) is 0 Å². The molecule has 0 saturated carbocycles. The monoisotopic (exact) mass is 354 g/mol. The van der Waals surface area contributed by atoms with Crippen LogP contribution < -0.4 is 5.32 Å². The molecule has 0 aliphatic heterocycles. The van der Waals surface area contributed by atoms with E-state index >= 15 is 0 Å². The van der Waals surface area contributed by atoms with E-state index in [1.807, 2.05) is 24.3 Å². The maximum atomic E-state index is 12.2. The maximum Gasteiger partial charge on any atom is 0.305 e. The molecule has 1 heterocycles. The van der Waals surface area contributed by atoms with Crippen molar-refractivity contribution in [1.29, 1.82) is 0 Å². The summed E-state index contributed by atoms with van der Waals surface area (Å²) in [6, 6.07) is 7.39. The van der Waals surface area contributed by atoms with Crippen molar-refractivity contribution in [1.82, 2.24) is 10.2 Å². The lowest BCUT2D eigenvalue weighted by Gasteiger charge is -2.16. The summed E-state index contributed by atoms with van der Waals surface area (Å²) < 4.78 is 0.896. The van der Waals surface area contributed by atoms with E-state index in [2.05, 4.69) is 5.32 Å². The van der Waals surface area contributed by atoms with E-state index in [9.17, 15) is 14.4 Å². The lowest BCUT2D eigenvalue weighted by atomic mass is 10.2. The Bertz CT molecular complexity index is 759. The number of nitrogens with one attached hydrogen (secondary N) is 1. The molecule has 2 amide bonds. The molecule has 0 unspecified atom stereocenters. The van der Waals surface area contributed by atoms with Crippen molar-refractivity contribution in [3.05, 3.63) is 34.2 Å². The summed E-state index contributed by atoms with van der Waals surface area (Å²) in [5.41, 5.74) is 0. The van der Waals surface area contributed by atoms with Gasteiger partial charge in [-0.3, -0.25) is 14.4 Å². The summed E-state index contributed by atoms with van der Waals surface area (Å²) in [4.78, 5) is 36.1. The summed E-state index contributed by atoms with van der Waals surface area (Å²) in [7, 11) is 1.49. The number of rotatable bonds is 6. The minimum Gasteiger partial charge on any atom is -0.481 e. The van der Waals surface area contributed by atoms with Crippen LogP contribution in [-0.4, -0.2) is 47.9 Å². The van der Waals surface area contributed by atoms with Crippen molar-refractivity contribution in [2.45, 2.75) is 6.42 Å². The van der Waals surface area contributed by atoms with Gasteiger partial charge in [0.1, 0.15) is 4.88 Å². The molecule has 0 aliphatic carbocycles. The van der Waals surface area contributed by atoms with Crippen LogP contribution in [0.5, 0.6) is 0 Å². The summed E-state index contributed by atoms with van der Waals surface area (Å²) in [5.74, 6) is -1.77. The van der Waals surface area contributed by atoms with Crippen LogP contribution in [0.4, 0.5) is 0 Å². The largest absolute Gasteiger partial charge is 0.481 e. The van der Waals surface area contributed by atoms with Gasteiger partial charge in [-0.2, -0.15) is 0 Å². The van der Waals surface area contributed by atoms with Gasteiger partial charge in [0.15, 0.2) is 0 Å². The van der Waals surface area contributed by atoms with Gasteiger partial charge in [0.2, 0.25) is 5.91 Å². The van der Waals surface area contributed by atoms with Crippen molar-refractivity contribution >= 4 is 50.8 Å². The lowest BCUT2D eigenvalue weighted by molar-refractivity contribution is -0.138. The molecular formula is C15H15ClN2O4S. The van der Waals surface area contributed by atoms with Crippen molar-refractivity contribution < 1.29 is 19.5 Å². The lowest BCUT2D eigenvalue weighted by Crippen LogP contribution is -2.38. The zero-order valence-corrected chi connectivity index (χ0v) is 13.9. The predicted molar refractivity (Wildman–Crippen MR) is 89.1 cm³/mol. The minimum atomic E-state index is -0.981. The number of carboxylic acid groups (broad SMARTS) is 1. The Morgan fingerprint density at radius 2 is 2.00 bits per heavy atom. The maximum absolute atomic E-state index is 12.2. The highest BCUT2D eigenvalue weighted by Crippen LogP contribution is 2.34. The van der Waals surface area contributed by atoms with Crippen LogP contribution in [-0.2, 0) is 9.59 Å². The van der Waals surface area contributed by atoms with Crippen LogP contribution in [0.25, 0.3) is 10.1 Å². The summed E-state index contributed by atoms with van der Waals surface area (Å²) in [5, 5.41) is 12.3. The van der Waals surface area contributed by atoms with Crippen LogP contribution in [0, 0.1) is 0 Å². The number of carboxylic acids is 1. The number of fused-ring (bicyclic) bond motifs is 1. The Hall–Kier alpha value is -2.12. The molecule has 0 saturated heterocycles. The first kappa shape index (κ1) is 17.2. The van der Waals surface area contributed by atoms with Gasteiger partial charge in [0, 0.05) is 23.7 Å². The quantitative estimate of drug-likeness (QED) is 0.832. The average Bonchev–Trinajstić information content (AvgIpc) is 2.87. The molecule has 0 atom stereocenters. The Labute approximate surface area is 141 Å². The molecule has 1 aromatic carbocycles. The third-order valence-corrected chi connectivity index (χ3v) is 4.90. The smallest absolute Gasteiger partial charge is 0.305 e. The first-order valence-corrected chi connectivity index (χ1v) is 8.00. The SMILES string of the molecule is CN(CCC(=O)O)C(=O)CNC(=O)c1sc2ccccc2c1Cl. The number of aliphatic carboxylic acids is 1. The van der Waals surface area contributed by atoms with E-state index in [0.717, 1.165) is 10.1 Å². The second-order valence-corrected chi connectivity index (χ2v) is 6.31. The summed E-state index contributed by atoms with van der Waals surface area (Å²) >= 11 is 7.46. The van der Waals surface area contributed by atoms with Gasteiger partial charge in [-0.15, -0.1) is 11.3 Å².